The van der Waals surface area contributed by atoms with Crippen molar-refractivity contribution in [2.45, 2.75) is 38.4 Å². The number of amides is 1. The average molecular weight is 369 g/mol. The van der Waals surface area contributed by atoms with Crippen molar-refractivity contribution < 1.29 is 18.0 Å². The standard InChI is InChI=1S/C19H26F3N3O/c1-15(18(26)25-8-3-2-4-9-25)23-10-12-24(13-11-23)17-7-5-6-16(14-17)19(20,21)22/h5-7,14-15H,2-4,8-13H2,1H3. The van der Waals surface area contributed by atoms with Crippen molar-refractivity contribution >= 4 is 11.6 Å². The Morgan fingerprint density at radius 1 is 1.00 bits per heavy atom. The topological polar surface area (TPSA) is 26.8 Å². The maximum absolute atomic E-state index is 12.9. The number of likely N-dealkylation sites (tertiary alicyclic amines) is 1. The minimum atomic E-state index is -4.33. The molecule has 0 aliphatic carbocycles. The molecule has 2 aliphatic rings. The Morgan fingerprint density at radius 3 is 2.27 bits per heavy atom. The van der Waals surface area contributed by atoms with E-state index in [9.17, 15) is 18.0 Å². The highest BCUT2D eigenvalue weighted by Crippen LogP contribution is 2.32. The molecule has 1 unspecified atom stereocenters. The van der Waals surface area contributed by atoms with E-state index in [0.717, 1.165) is 32.0 Å². The molecule has 0 aromatic heterocycles. The number of rotatable bonds is 3. The molecule has 144 valence electrons. The first-order chi connectivity index (χ1) is 12.4. The van der Waals surface area contributed by atoms with E-state index in [1.807, 2.05) is 16.7 Å². The van der Waals surface area contributed by atoms with E-state index in [1.165, 1.54) is 18.6 Å². The molecule has 1 aromatic rings. The molecule has 0 spiro atoms. The lowest BCUT2D eigenvalue weighted by molar-refractivity contribution is -0.138. The second-order valence-electron chi connectivity index (χ2n) is 7.13. The third-order valence-corrected chi connectivity index (χ3v) is 5.43. The summed E-state index contributed by atoms with van der Waals surface area (Å²) in [5.74, 6) is 0.178. The SMILES string of the molecule is CC(C(=O)N1CCCCC1)N1CCN(c2cccc(C(F)(F)F)c2)CC1. The molecule has 2 fully saturated rings. The molecule has 1 amide bonds. The van der Waals surface area contributed by atoms with Crippen LogP contribution in [0, 0.1) is 0 Å². The van der Waals surface area contributed by atoms with Gasteiger partial charge in [0.05, 0.1) is 11.6 Å². The summed E-state index contributed by atoms with van der Waals surface area (Å²) in [6, 6.07) is 5.30. The zero-order valence-corrected chi connectivity index (χ0v) is 15.1. The summed E-state index contributed by atoms with van der Waals surface area (Å²) in [6.07, 6.45) is -0.995. The van der Waals surface area contributed by atoms with E-state index in [2.05, 4.69) is 4.90 Å². The van der Waals surface area contributed by atoms with Gasteiger partial charge in [-0.3, -0.25) is 9.69 Å². The van der Waals surface area contributed by atoms with Crippen LogP contribution < -0.4 is 4.90 Å². The van der Waals surface area contributed by atoms with E-state index in [4.69, 9.17) is 0 Å². The second-order valence-corrected chi connectivity index (χ2v) is 7.13. The summed E-state index contributed by atoms with van der Waals surface area (Å²) in [5, 5.41) is 0. The molecule has 0 bridgehead atoms. The number of halogens is 3. The number of nitrogens with zero attached hydrogens (tertiary/aromatic N) is 3. The Hall–Kier alpha value is -1.76. The summed E-state index contributed by atoms with van der Waals surface area (Å²) in [5.41, 5.74) is -0.0273. The first-order valence-corrected chi connectivity index (χ1v) is 9.31. The molecular formula is C19H26F3N3O. The molecule has 0 saturated carbocycles. The summed E-state index contributed by atoms with van der Waals surface area (Å²) in [6.45, 7) is 6.23. The first-order valence-electron chi connectivity index (χ1n) is 9.31. The molecular weight excluding hydrogens is 343 g/mol. The van der Waals surface area contributed by atoms with Gasteiger partial charge in [-0.15, -0.1) is 0 Å². The van der Waals surface area contributed by atoms with E-state index < -0.39 is 11.7 Å². The van der Waals surface area contributed by atoms with Crippen molar-refractivity contribution in [2.75, 3.05) is 44.2 Å². The molecule has 1 atom stereocenters. The lowest BCUT2D eigenvalue weighted by Crippen LogP contribution is -2.55. The van der Waals surface area contributed by atoms with Crippen molar-refractivity contribution in [1.82, 2.24) is 9.80 Å². The smallest absolute Gasteiger partial charge is 0.369 e. The number of hydrogen-bond donors (Lipinski definition) is 0. The quantitative estimate of drug-likeness (QED) is 0.819. The maximum atomic E-state index is 12.9. The number of carbonyl (C=O) groups excluding carboxylic acids is 1. The zero-order chi connectivity index (χ0) is 18.7. The molecule has 1 aromatic carbocycles. The van der Waals surface area contributed by atoms with Crippen LogP contribution in [0.3, 0.4) is 0 Å². The molecule has 2 saturated heterocycles. The van der Waals surface area contributed by atoms with Gasteiger partial charge in [0, 0.05) is 45.0 Å². The van der Waals surface area contributed by atoms with Gasteiger partial charge < -0.3 is 9.80 Å². The molecule has 2 heterocycles. The highest BCUT2D eigenvalue weighted by atomic mass is 19.4. The fraction of sp³-hybridized carbons (Fsp3) is 0.632. The van der Waals surface area contributed by atoms with Crippen LogP contribution in [0.2, 0.25) is 0 Å². The van der Waals surface area contributed by atoms with Crippen molar-refractivity contribution in [3.05, 3.63) is 29.8 Å². The lowest BCUT2D eigenvalue weighted by atomic mass is 10.1. The van der Waals surface area contributed by atoms with Crippen molar-refractivity contribution in [3.63, 3.8) is 0 Å². The van der Waals surface area contributed by atoms with Crippen LogP contribution in [0.5, 0.6) is 0 Å². The number of alkyl halides is 3. The highest BCUT2D eigenvalue weighted by Gasteiger charge is 2.32. The Labute approximate surface area is 152 Å². The van der Waals surface area contributed by atoms with Crippen LogP contribution in [0.4, 0.5) is 18.9 Å². The first kappa shape index (κ1) is 19.0. The number of hydrogen-bond acceptors (Lipinski definition) is 3. The average Bonchev–Trinajstić information content (AvgIpc) is 2.67. The van der Waals surface area contributed by atoms with Crippen LogP contribution >= 0.6 is 0 Å². The summed E-state index contributed by atoms with van der Waals surface area (Å²) in [7, 11) is 0. The number of piperidine rings is 1. The predicted octanol–water partition coefficient (Wildman–Crippen LogP) is 3.23. The number of carbonyl (C=O) groups is 1. The van der Waals surface area contributed by atoms with Crippen LogP contribution in [-0.4, -0.2) is 61.0 Å². The Morgan fingerprint density at radius 2 is 1.65 bits per heavy atom. The molecule has 0 N–H and O–H groups in total. The monoisotopic (exact) mass is 369 g/mol. The fourth-order valence-corrected chi connectivity index (χ4v) is 3.78. The van der Waals surface area contributed by atoms with Gasteiger partial charge in [-0.1, -0.05) is 6.07 Å². The van der Waals surface area contributed by atoms with Crippen LogP contribution in [0.1, 0.15) is 31.7 Å². The number of anilines is 1. The molecule has 4 nitrogen and oxygen atoms in total. The van der Waals surface area contributed by atoms with E-state index in [-0.39, 0.29) is 11.9 Å². The minimum absolute atomic E-state index is 0.170. The van der Waals surface area contributed by atoms with Crippen molar-refractivity contribution in [2.24, 2.45) is 0 Å². The van der Waals surface area contributed by atoms with Crippen LogP contribution in [-0.2, 0) is 11.0 Å². The maximum Gasteiger partial charge on any atom is 0.416 e. The second kappa shape index (κ2) is 7.86. The van der Waals surface area contributed by atoms with Gasteiger partial charge in [-0.25, -0.2) is 0 Å². The molecule has 0 radical (unpaired) electrons. The van der Waals surface area contributed by atoms with Gasteiger partial charge >= 0.3 is 6.18 Å². The highest BCUT2D eigenvalue weighted by molar-refractivity contribution is 5.81. The van der Waals surface area contributed by atoms with Crippen LogP contribution in [0.15, 0.2) is 24.3 Å². The van der Waals surface area contributed by atoms with Gasteiger partial charge in [-0.05, 0) is 44.4 Å². The van der Waals surface area contributed by atoms with E-state index >= 15 is 0 Å². The minimum Gasteiger partial charge on any atom is -0.369 e. The Kier molecular flexibility index (Phi) is 5.75. The third-order valence-electron chi connectivity index (χ3n) is 5.43. The number of benzene rings is 1. The molecule has 3 rings (SSSR count). The van der Waals surface area contributed by atoms with Crippen molar-refractivity contribution in [1.29, 1.82) is 0 Å². The largest absolute Gasteiger partial charge is 0.416 e. The molecule has 2 aliphatic heterocycles. The van der Waals surface area contributed by atoms with Gasteiger partial charge in [0.15, 0.2) is 0 Å². The normalized spacial score (nSPS) is 20.9. The Bertz CT molecular complexity index is 621. The lowest BCUT2D eigenvalue weighted by Gasteiger charge is -2.40. The Balaban J connectivity index is 1.58. The summed E-state index contributed by atoms with van der Waals surface area (Å²) < 4.78 is 38.7. The molecule has 7 heteroatoms. The van der Waals surface area contributed by atoms with Crippen LogP contribution in [0.25, 0.3) is 0 Å². The van der Waals surface area contributed by atoms with Gasteiger partial charge in [0.25, 0.3) is 0 Å². The molecule has 26 heavy (non-hydrogen) atoms. The fourth-order valence-electron chi connectivity index (χ4n) is 3.78. The third kappa shape index (κ3) is 4.31. The van der Waals surface area contributed by atoms with Gasteiger partial charge in [0.2, 0.25) is 5.91 Å². The van der Waals surface area contributed by atoms with Crippen molar-refractivity contribution in [3.8, 4) is 0 Å². The summed E-state index contributed by atoms with van der Waals surface area (Å²) >= 11 is 0. The van der Waals surface area contributed by atoms with Gasteiger partial charge in [0.1, 0.15) is 0 Å². The van der Waals surface area contributed by atoms with E-state index in [1.54, 1.807) is 6.07 Å². The zero-order valence-electron chi connectivity index (χ0n) is 15.1. The number of piperazine rings is 1. The van der Waals surface area contributed by atoms with E-state index in [0.29, 0.717) is 31.9 Å². The predicted molar refractivity (Wildman–Crippen MR) is 95.1 cm³/mol. The summed E-state index contributed by atoms with van der Waals surface area (Å²) in [4.78, 5) is 18.7. The van der Waals surface area contributed by atoms with Gasteiger partial charge in [-0.2, -0.15) is 13.2 Å².